The van der Waals surface area contributed by atoms with Gasteiger partial charge in [0.25, 0.3) is 0 Å². The molecule has 3 nitrogen and oxygen atoms in total. The van der Waals surface area contributed by atoms with Crippen molar-refractivity contribution in [1.82, 2.24) is 4.40 Å². The van der Waals surface area contributed by atoms with E-state index < -0.39 is 5.41 Å². The van der Waals surface area contributed by atoms with Crippen molar-refractivity contribution in [2.75, 3.05) is 13.2 Å². The van der Waals surface area contributed by atoms with E-state index in [0.29, 0.717) is 13.2 Å². The number of halogens is 1. The predicted octanol–water partition coefficient (Wildman–Crippen LogP) is 2.69. The van der Waals surface area contributed by atoms with Crippen LogP contribution in [0.1, 0.15) is 11.3 Å². The average molecular weight is 247 g/mol. The highest BCUT2D eigenvalue weighted by Gasteiger charge is 2.44. The van der Waals surface area contributed by atoms with Crippen LogP contribution in [0.3, 0.4) is 0 Å². The van der Waals surface area contributed by atoms with Crippen LogP contribution in [-0.2, 0) is 10.2 Å². The molecule has 86 valence electrons. The van der Waals surface area contributed by atoms with E-state index in [2.05, 4.69) is 6.07 Å². The van der Waals surface area contributed by atoms with E-state index in [0.717, 1.165) is 21.8 Å². The molecule has 3 rings (SSSR count). The summed E-state index contributed by atoms with van der Waals surface area (Å²) in [6.07, 6.45) is 1.95. The molecule has 0 aliphatic carbocycles. The molecule has 1 aliphatic rings. The van der Waals surface area contributed by atoms with Gasteiger partial charge in [0, 0.05) is 6.20 Å². The zero-order chi connectivity index (χ0) is 12.0. The Kier molecular flexibility index (Phi) is 2.19. The summed E-state index contributed by atoms with van der Waals surface area (Å²) in [4.78, 5) is 0. The first-order valence-corrected chi connectivity index (χ1v) is 5.82. The van der Waals surface area contributed by atoms with Crippen LogP contribution in [0.4, 0.5) is 0 Å². The third kappa shape index (κ3) is 1.25. The van der Waals surface area contributed by atoms with E-state index in [4.69, 9.17) is 16.3 Å². The van der Waals surface area contributed by atoms with E-state index in [1.165, 1.54) is 0 Å². The van der Waals surface area contributed by atoms with Gasteiger partial charge in [0.2, 0.25) is 0 Å². The molecule has 0 radical (unpaired) electrons. The van der Waals surface area contributed by atoms with Gasteiger partial charge in [-0.3, -0.25) is 0 Å². The standard InChI is InChI=1S/C13H11ClN2O/c1-9-11(14)10-4-2-3-5-16(10)12(9)13(6-15)7-17-8-13/h2-5H,7-8H2,1H3. The Balaban J connectivity index is 2.37. The van der Waals surface area contributed by atoms with Crippen LogP contribution in [0.15, 0.2) is 24.4 Å². The molecular weight excluding hydrogens is 236 g/mol. The molecule has 1 fully saturated rings. The zero-order valence-corrected chi connectivity index (χ0v) is 10.2. The molecule has 0 N–H and O–H groups in total. The summed E-state index contributed by atoms with van der Waals surface area (Å²) >= 11 is 6.32. The quantitative estimate of drug-likeness (QED) is 0.776. The minimum Gasteiger partial charge on any atom is -0.377 e. The number of hydrogen-bond acceptors (Lipinski definition) is 2. The fraction of sp³-hybridized carbons (Fsp3) is 0.308. The van der Waals surface area contributed by atoms with Crippen LogP contribution in [0.2, 0.25) is 5.02 Å². The lowest BCUT2D eigenvalue weighted by molar-refractivity contribution is -0.0323. The highest BCUT2D eigenvalue weighted by atomic mass is 35.5. The first kappa shape index (κ1) is 10.6. The molecular formula is C13H11ClN2O. The number of nitriles is 1. The third-order valence-electron chi connectivity index (χ3n) is 3.37. The van der Waals surface area contributed by atoms with Gasteiger partial charge in [-0.25, -0.2) is 0 Å². The molecule has 0 aromatic carbocycles. The molecule has 2 aromatic rings. The van der Waals surface area contributed by atoms with Crippen molar-refractivity contribution in [3.63, 3.8) is 0 Å². The molecule has 1 aliphatic heterocycles. The number of ether oxygens (including phenoxy) is 1. The van der Waals surface area contributed by atoms with Gasteiger partial charge in [0.05, 0.1) is 35.5 Å². The Hall–Kier alpha value is -1.50. The fourth-order valence-corrected chi connectivity index (χ4v) is 2.69. The van der Waals surface area contributed by atoms with Gasteiger partial charge in [-0.2, -0.15) is 5.26 Å². The van der Waals surface area contributed by atoms with Crippen LogP contribution >= 0.6 is 11.6 Å². The number of nitrogens with zero attached hydrogens (tertiary/aromatic N) is 2. The van der Waals surface area contributed by atoms with Crippen LogP contribution < -0.4 is 0 Å². The second-order valence-electron chi connectivity index (χ2n) is 4.43. The number of rotatable bonds is 1. The minimum absolute atomic E-state index is 0.446. The average Bonchev–Trinajstić information content (AvgIpc) is 2.55. The molecule has 0 atom stereocenters. The first-order valence-electron chi connectivity index (χ1n) is 5.44. The summed E-state index contributed by atoms with van der Waals surface area (Å²) in [5.74, 6) is 0. The lowest BCUT2D eigenvalue weighted by Gasteiger charge is -2.35. The van der Waals surface area contributed by atoms with Gasteiger partial charge >= 0.3 is 0 Å². The zero-order valence-electron chi connectivity index (χ0n) is 9.40. The molecule has 0 unspecified atom stereocenters. The summed E-state index contributed by atoms with van der Waals surface area (Å²) < 4.78 is 7.22. The number of hydrogen-bond donors (Lipinski definition) is 0. The Morgan fingerprint density at radius 1 is 1.47 bits per heavy atom. The lowest BCUT2D eigenvalue weighted by atomic mass is 9.82. The smallest absolute Gasteiger partial charge is 0.144 e. The van der Waals surface area contributed by atoms with Crippen LogP contribution in [0, 0.1) is 18.3 Å². The number of pyridine rings is 1. The lowest BCUT2D eigenvalue weighted by Crippen LogP contribution is -2.46. The van der Waals surface area contributed by atoms with Crippen molar-refractivity contribution < 1.29 is 4.74 Å². The largest absolute Gasteiger partial charge is 0.377 e. The molecule has 4 heteroatoms. The van der Waals surface area contributed by atoms with Gasteiger partial charge in [0.15, 0.2) is 0 Å². The number of fused-ring (bicyclic) bond motifs is 1. The normalized spacial score (nSPS) is 17.7. The third-order valence-corrected chi connectivity index (χ3v) is 3.85. The van der Waals surface area contributed by atoms with Gasteiger partial charge in [0.1, 0.15) is 5.41 Å². The maximum Gasteiger partial charge on any atom is 0.144 e. The summed E-state index contributed by atoms with van der Waals surface area (Å²) in [6.45, 7) is 2.85. The van der Waals surface area contributed by atoms with E-state index in [-0.39, 0.29) is 0 Å². The molecule has 0 bridgehead atoms. The number of aromatic nitrogens is 1. The second kappa shape index (κ2) is 3.49. The van der Waals surface area contributed by atoms with Crippen molar-refractivity contribution in [1.29, 1.82) is 5.26 Å². The predicted molar refractivity (Wildman–Crippen MR) is 65.3 cm³/mol. The van der Waals surface area contributed by atoms with E-state index in [9.17, 15) is 5.26 Å². The molecule has 0 amide bonds. The molecule has 0 spiro atoms. The summed E-state index contributed by atoms with van der Waals surface area (Å²) in [7, 11) is 0. The summed E-state index contributed by atoms with van der Waals surface area (Å²) in [5, 5.41) is 10.1. The topological polar surface area (TPSA) is 37.4 Å². The van der Waals surface area contributed by atoms with Gasteiger partial charge in [-0.05, 0) is 24.6 Å². The van der Waals surface area contributed by atoms with Crippen LogP contribution in [-0.4, -0.2) is 17.6 Å². The summed E-state index contributed by atoms with van der Waals surface area (Å²) in [6, 6.07) is 8.22. The fourth-order valence-electron chi connectivity index (χ4n) is 2.44. The van der Waals surface area contributed by atoms with Crippen molar-refractivity contribution in [3.05, 3.63) is 40.7 Å². The first-order chi connectivity index (χ1) is 8.19. The minimum atomic E-state index is -0.540. The maximum absolute atomic E-state index is 9.40. The molecule has 17 heavy (non-hydrogen) atoms. The van der Waals surface area contributed by atoms with Gasteiger partial charge in [-0.15, -0.1) is 0 Å². The Morgan fingerprint density at radius 2 is 2.24 bits per heavy atom. The van der Waals surface area contributed by atoms with E-state index in [1.807, 2.05) is 35.7 Å². The van der Waals surface area contributed by atoms with Crippen molar-refractivity contribution in [2.45, 2.75) is 12.3 Å². The van der Waals surface area contributed by atoms with Gasteiger partial charge in [-0.1, -0.05) is 17.7 Å². The van der Waals surface area contributed by atoms with E-state index >= 15 is 0 Å². The van der Waals surface area contributed by atoms with Crippen LogP contribution in [0.25, 0.3) is 5.52 Å². The Morgan fingerprint density at radius 3 is 2.82 bits per heavy atom. The Bertz CT molecular complexity index is 635. The summed E-state index contributed by atoms with van der Waals surface area (Å²) in [5.41, 5.74) is 2.35. The molecule has 0 saturated carbocycles. The SMILES string of the molecule is Cc1c(Cl)c2ccccn2c1C1(C#N)COC1. The molecule has 1 saturated heterocycles. The van der Waals surface area contributed by atoms with Crippen molar-refractivity contribution >= 4 is 17.1 Å². The maximum atomic E-state index is 9.40. The Labute approximate surface area is 104 Å². The van der Waals surface area contributed by atoms with Crippen molar-refractivity contribution in [2.24, 2.45) is 0 Å². The molecule has 3 heterocycles. The highest BCUT2D eigenvalue weighted by molar-refractivity contribution is 6.35. The highest BCUT2D eigenvalue weighted by Crippen LogP contribution is 2.39. The molecule has 2 aromatic heterocycles. The van der Waals surface area contributed by atoms with Gasteiger partial charge < -0.3 is 9.14 Å². The monoisotopic (exact) mass is 246 g/mol. The second-order valence-corrected chi connectivity index (χ2v) is 4.81. The van der Waals surface area contributed by atoms with Crippen molar-refractivity contribution in [3.8, 4) is 6.07 Å². The van der Waals surface area contributed by atoms with E-state index in [1.54, 1.807) is 0 Å². The van der Waals surface area contributed by atoms with Crippen LogP contribution in [0.5, 0.6) is 0 Å².